The van der Waals surface area contributed by atoms with Crippen LogP contribution in [0.5, 0.6) is 0 Å². The lowest BCUT2D eigenvalue weighted by atomic mass is 10.1. The highest BCUT2D eigenvalue weighted by Gasteiger charge is 2.17. The summed E-state index contributed by atoms with van der Waals surface area (Å²) in [5.74, 6) is -0.0428. The fraction of sp³-hybridized carbons (Fsp3) is 0.375. The van der Waals surface area contributed by atoms with Gasteiger partial charge in [-0.1, -0.05) is 30.3 Å². The van der Waals surface area contributed by atoms with E-state index in [1.807, 2.05) is 25.7 Å². The van der Waals surface area contributed by atoms with Crippen molar-refractivity contribution in [3.05, 3.63) is 46.7 Å². The van der Waals surface area contributed by atoms with Gasteiger partial charge in [-0.15, -0.1) is 0 Å². The lowest BCUT2D eigenvalue weighted by Crippen LogP contribution is -2.21. The number of hydrogen-bond acceptors (Lipinski definition) is 4. The number of imidazole rings is 1. The molecule has 1 heterocycles. The summed E-state index contributed by atoms with van der Waals surface area (Å²) in [6, 6.07) is 6.91. The van der Waals surface area contributed by atoms with Crippen LogP contribution >= 0.6 is 23.4 Å². The zero-order valence-corrected chi connectivity index (χ0v) is 14.8. The second-order valence-electron chi connectivity index (χ2n) is 5.51. The van der Waals surface area contributed by atoms with E-state index in [4.69, 9.17) is 11.6 Å². The minimum Gasteiger partial charge on any atom is -0.319 e. The highest BCUT2D eigenvalue weighted by atomic mass is 35.5. The predicted octanol–water partition coefficient (Wildman–Crippen LogP) is 3.35. The lowest BCUT2D eigenvalue weighted by molar-refractivity contribution is 0.103. The van der Waals surface area contributed by atoms with Gasteiger partial charge in [0.25, 0.3) is 0 Å². The first-order valence-electron chi connectivity index (χ1n) is 7.02. The van der Waals surface area contributed by atoms with Crippen LogP contribution in [-0.4, -0.2) is 46.1 Å². The van der Waals surface area contributed by atoms with Gasteiger partial charge in [0.05, 0.1) is 6.20 Å². The van der Waals surface area contributed by atoms with Crippen molar-refractivity contribution in [3.63, 3.8) is 0 Å². The molecule has 2 aromatic rings. The number of rotatable bonds is 6. The number of halogens is 1. The van der Waals surface area contributed by atoms with Crippen LogP contribution in [0.4, 0.5) is 0 Å². The summed E-state index contributed by atoms with van der Waals surface area (Å²) in [5, 5.41) is 1.87. The molecule has 0 bridgehead atoms. The maximum Gasteiger partial charge on any atom is 0.211 e. The Morgan fingerprint density at radius 3 is 2.59 bits per heavy atom. The van der Waals surface area contributed by atoms with Crippen molar-refractivity contribution in [2.45, 2.75) is 17.3 Å². The molecule has 0 aliphatic heterocycles. The van der Waals surface area contributed by atoms with E-state index < -0.39 is 0 Å². The molecule has 0 spiro atoms. The van der Waals surface area contributed by atoms with Gasteiger partial charge in [-0.25, -0.2) is 4.98 Å². The summed E-state index contributed by atoms with van der Waals surface area (Å²) in [7, 11) is 5.97. The third-order valence-corrected chi connectivity index (χ3v) is 4.61. The van der Waals surface area contributed by atoms with Gasteiger partial charge in [0.1, 0.15) is 5.69 Å². The molecular formula is C16H20ClN3OS. The molecule has 0 amide bonds. The Kier molecular flexibility index (Phi) is 5.67. The first-order valence-corrected chi connectivity index (χ1v) is 8.27. The molecule has 118 valence electrons. The first kappa shape index (κ1) is 17.1. The summed E-state index contributed by atoms with van der Waals surface area (Å²) in [4.78, 5) is 19.1. The van der Waals surface area contributed by atoms with E-state index in [1.165, 1.54) is 0 Å². The standard InChI is InChI=1S/C16H20ClN3OS/c1-11(10-19(2)3)22-16-18-9-14(20(16)4)15(21)12-5-7-13(17)8-6-12/h5-9,11H,10H2,1-4H3. The average molecular weight is 338 g/mol. The smallest absolute Gasteiger partial charge is 0.211 e. The summed E-state index contributed by atoms with van der Waals surface area (Å²) < 4.78 is 1.85. The predicted molar refractivity (Wildman–Crippen MR) is 92.0 cm³/mol. The molecule has 2 rings (SSSR count). The highest BCUT2D eigenvalue weighted by molar-refractivity contribution is 7.99. The molecule has 0 aliphatic carbocycles. The molecular weight excluding hydrogens is 318 g/mol. The fourth-order valence-corrected chi connectivity index (χ4v) is 3.42. The zero-order chi connectivity index (χ0) is 16.3. The van der Waals surface area contributed by atoms with Gasteiger partial charge in [0, 0.05) is 29.4 Å². The van der Waals surface area contributed by atoms with Gasteiger partial charge >= 0.3 is 0 Å². The number of nitrogens with zero attached hydrogens (tertiary/aromatic N) is 3. The minimum atomic E-state index is -0.0428. The Morgan fingerprint density at radius 1 is 1.36 bits per heavy atom. The Bertz CT molecular complexity index is 652. The molecule has 1 aromatic carbocycles. The van der Waals surface area contributed by atoms with Crippen molar-refractivity contribution in [2.75, 3.05) is 20.6 Å². The molecule has 0 radical (unpaired) electrons. The molecule has 0 N–H and O–H groups in total. The van der Waals surface area contributed by atoms with Crippen LogP contribution in [-0.2, 0) is 7.05 Å². The quantitative estimate of drug-likeness (QED) is 0.598. The number of hydrogen-bond donors (Lipinski definition) is 0. The number of carbonyl (C=O) groups is 1. The minimum absolute atomic E-state index is 0.0428. The molecule has 0 aliphatic rings. The van der Waals surface area contributed by atoms with Crippen LogP contribution in [0, 0.1) is 0 Å². The zero-order valence-electron chi connectivity index (χ0n) is 13.2. The average Bonchev–Trinajstić information content (AvgIpc) is 2.79. The summed E-state index contributed by atoms with van der Waals surface area (Å²) in [6.45, 7) is 3.11. The molecule has 0 saturated carbocycles. The van der Waals surface area contributed by atoms with Gasteiger partial charge in [0.15, 0.2) is 5.16 Å². The Labute approximate surface area is 140 Å². The van der Waals surface area contributed by atoms with Gasteiger partial charge in [-0.2, -0.15) is 0 Å². The van der Waals surface area contributed by atoms with Crippen molar-refractivity contribution in [1.29, 1.82) is 0 Å². The molecule has 0 saturated heterocycles. The highest BCUT2D eigenvalue weighted by Crippen LogP contribution is 2.24. The maximum absolute atomic E-state index is 12.5. The Hall–Kier alpha value is -1.30. The monoisotopic (exact) mass is 337 g/mol. The molecule has 6 heteroatoms. The van der Waals surface area contributed by atoms with E-state index in [9.17, 15) is 4.79 Å². The van der Waals surface area contributed by atoms with Crippen LogP contribution in [0.2, 0.25) is 5.02 Å². The van der Waals surface area contributed by atoms with E-state index >= 15 is 0 Å². The number of benzene rings is 1. The molecule has 1 aromatic heterocycles. The lowest BCUT2D eigenvalue weighted by Gasteiger charge is -2.16. The fourth-order valence-electron chi connectivity index (χ4n) is 2.19. The summed E-state index contributed by atoms with van der Waals surface area (Å²) >= 11 is 7.53. The van der Waals surface area contributed by atoms with E-state index in [1.54, 1.807) is 42.2 Å². The maximum atomic E-state index is 12.5. The Morgan fingerprint density at radius 2 is 2.00 bits per heavy atom. The van der Waals surface area contributed by atoms with Crippen LogP contribution in [0.25, 0.3) is 0 Å². The first-order chi connectivity index (χ1) is 10.4. The number of carbonyl (C=O) groups excluding carboxylic acids is 1. The van der Waals surface area contributed by atoms with Crippen LogP contribution in [0.3, 0.4) is 0 Å². The largest absolute Gasteiger partial charge is 0.319 e. The van der Waals surface area contributed by atoms with Gasteiger partial charge in [-0.05, 0) is 38.4 Å². The van der Waals surface area contributed by atoms with Crippen molar-refractivity contribution in [3.8, 4) is 0 Å². The van der Waals surface area contributed by atoms with Crippen molar-refractivity contribution < 1.29 is 4.79 Å². The number of thioether (sulfide) groups is 1. The second-order valence-corrected chi connectivity index (χ2v) is 7.35. The molecule has 1 atom stereocenters. The number of aromatic nitrogens is 2. The Balaban J connectivity index is 2.16. The van der Waals surface area contributed by atoms with E-state index in [-0.39, 0.29) is 5.78 Å². The van der Waals surface area contributed by atoms with Crippen LogP contribution in [0.1, 0.15) is 23.0 Å². The number of ketones is 1. The molecule has 0 fully saturated rings. The topological polar surface area (TPSA) is 38.1 Å². The van der Waals surface area contributed by atoms with E-state index in [2.05, 4.69) is 16.8 Å². The van der Waals surface area contributed by atoms with E-state index in [0.29, 0.717) is 21.5 Å². The van der Waals surface area contributed by atoms with Crippen molar-refractivity contribution >= 4 is 29.1 Å². The van der Waals surface area contributed by atoms with Gasteiger partial charge < -0.3 is 9.47 Å². The SMILES string of the molecule is CC(CN(C)C)Sc1ncc(C(=O)c2ccc(Cl)cc2)n1C. The third kappa shape index (κ3) is 4.12. The van der Waals surface area contributed by atoms with E-state index in [0.717, 1.165) is 11.7 Å². The van der Waals surface area contributed by atoms with Crippen molar-refractivity contribution in [2.24, 2.45) is 7.05 Å². The molecule has 4 nitrogen and oxygen atoms in total. The third-order valence-electron chi connectivity index (χ3n) is 3.21. The summed E-state index contributed by atoms with van der Waals surface area (Å²) in [6.07, 6.45) is 1.64. The van der Waals surface area contributed by atoms with Crippen molar-refractivity contribution in [1.82, 2.24) is 14.5 Å². The summed E-state index contributed by atoms with van der Waals surface area (Å²) in [5.41, 5.74) is 1.20. The molecule has 1 unspecified atom stereocenters. The van der Waals surface area contributed by atoms with Crippen LogP contribution < -0.4 is 0 Å². The normalized spacial score (nSPS) is 12.6. The second kappa shape index (κ2) is 7.31. The van der Waals surface area contributed by atoms with Crippen LogP contribution in [0.15, 0.2) is 35.6 Å². The van der Waals surface area contributed by atoms with Gasteiger partial charge in [-0.3, -0.25) is 4.79 Å². The molecule has 22 heavy (non-hydrogen) atoms. The van der Waals surface area contributed by atoms with Gasteiger partial charge in [0.2, 0.25) is 5.78 Å².